The Morgan fingerprint density at radius 3 is 2.25 bits per heavy atom. The Morgan fingerprint density at radius 2 is 1.81 bits per heavy atom. The zero-order chi connectivity index (χ0) is 12.2. The lowest BCUT2D eigenvalue weighted by molar-refractivity contribution is -0.0498. The van der Waals surface area contributed by atoms with Crippen LogP contribution in [-0.2, 0) is 9.05 Å². The molecule has 1 aromatic carbocycles. The van der Waals surface area contributed by atoms with Gasteiger partial charge in [-0.1, -0.05) is 12.1 Å². The van der Waals surface area contributed by atoms with Gasteiger partial charge in [-0.2, -0.15) is 8.78 Å². The minimum absolute atomic E-state index is 0.000815. The monoisotopic (exact) mass is 268 g/mol. The summed E-state index contributed by atoms with van der Waals surface area (Å²) in [5.74, 6) is 0.000815. The van der Waals surface area contributed by atoms with Gasteiger partial charge in [-0.05, 0) is 23.8 Å². The summed E-state index contributed by atoms with van der Waals surface area (Å²) in [6.07, 6.45) is 1.24. The first kappa shape index (κ1) is 12.9. The third kappa shape index (κ3) is 5.09. The molecule has 0 unspecified atom stereocenters. The molecule has 3 nitrogen and oxygen atoms in total. The van der Waals surface area contributed by atoms with Crippen LogP contribution < -0.4 is 4.74 Å². The van der Waals surface area contributed by atoms with E-state index in [1.165, 1.54) is 30.3 Å². The highest BCUT2D eigenvalue weighted by atomic mass is 35.7. The van der Waals surface area contributed by atoms with Gasteiger partial charge in [0.2, 0.25) is 0 Å². The van der Waals surface area contributed by atoms with Crippen molar-refractivity contribution in [3.63, 3.8) is 0 Å². The molecule has 0 atom stereocenters. The minimum atomic E-state index is -3.71. The predicted molar refractivity (Wildman–Crippen MR) is 56.9 cm³/mol. The minimum Gasteiger partial charge on any atom is -0.435 e. The Labute approximate surface area is 95.7 Å². The summed E-state index contributed by atoms with van der Waals surface area (Å²) in [6.45, 7) is -2.88. The fraction of sp³-hybridized carbons (Fsp3) is 0.111. The smallest absolute Gasteiger partial charge is 0.387 e. The van der Waals surface area contributed by atoms with E-state index in [2.05, 4.69) is 4.74 Å². The molecule has 0 aromatic heterocycles. The van der Waals surface area contributed by atoms with Gasteiger partial charge in [0, 0.05) is 16.1 Å². The van der Waals surface area contributed by atoms with Crippen molar-refractivity contribution in [2.24, 2.45) is 0 Å². The van der Waals surface area contributed by atoms with Crippen molar-refractivity contribution < 1.29 is 21.9 Å². The molecule has 0 spiro atoms. The number of halogens is 3. The lowest BCUT2D eigenvalue weighted by Crippen LogP contribution is -2.01. The van der Waals surface area contributed by atoms with Gasteiger partial charge in [0.05, 0.1) is 0 Å². The molecule has 0 fully saturated rings. The lowest BCUT2D eigenvalue weighted by Gasteiger charge is -2.03. The number of hydrogen-bond donors (Lipinski definition) is 0. The largest absolute Gasteiger partial charge is 0.435 e. The summed E-state index contributed by atoms with van der Waals surface area (Å²) in [4.78, 5) is 0. The van der Waals surface area contributed by atoms with Crippen molar-refractivity contribution in [1.82, 2.24) is 0 Å². The average Bonchev–Trinajstić information content (AvgIpc) is 2.14. The van der Waals surface area contributed by atoms with Crippen molar-refractivity contribution in [2.45, 2.75) is 6.61 Å². The van der Waals surface area contributed by atoms with Gasteiger partial charge >= 0.3 is 6.61 Å². The summed E-state index contributed by atoms with van der Waals surface area (Å²) < 4.78 is 48.8. The maximum absolute atomic E-state index is 11.8. The van der Waals surface area contributed by atoms with E-state index in [4.69, 9.17) is 10.7 Å². The third-order valence-electron chi connectivity index (χ3n) is 1.53. The van der Waals surface area contributed by atoms with E-state index in [9.17, 15) is 17.2 Å². The summed E-state index contributed by atoms with van der Waals surface area (Å²) in [5.41, 5.74) is 0.505. The highest BCUT2D eigenvalue weighted by Crippen LogP contribution is 2.16. The Bertz CT molecular complexity index is 468. The Morgan fingerprint density at radius 1 is 1.25 bits per heavy atom. The van der Waals surface area contributed by atoms with Crippen LogP contribution in [0.5, 0.6) is 5.75 Å². The van der Waals surface area contributed by atoms with Gasteiger partial charge in [-0.3, -0.25) is 0 Å². The van der Waals surface area contributed by atoms with Gasteiger partial charge in [0.25, 0.3) is 9.05 Å². The molecule has 7 heteroatoms. The molecule has 88 valence electrons. The SMILES string of the molecule is O=S(=O)(Cl)/C=C/c1ccc(OC(F)F)cc1. The molecular weight excluding hydrogens is 262 g/mol. The summed E-state index contributed by atoms with van der Waals surface area (Å²) in [6, 6.07) is 5.45. The van der Waals surface area contributed by atoms with E-state index >= 15 is 0 Å². The zero-order valence-corrected chi connectivity index (χ0v) is 9.38. The standard InChI is InChI=1S/C9H7ClF2O3S/c10-16(13,14)6-5-7-1-3-8(4-2-7)15-9(11)12/h1-6,9H/b6-5+. The zero-order valence-electron chi connectivity index (χ0n) is 7.81. The van der Waals surface area contributed by atoms with Crippen LogP contribution in [0.4, 0.5) is 8.78 Å². The summed E-state index contributed by atoms with van der Waals surface area (Å²) >= 11 is 0. The predicted octanol–water partition coefficient (Wildman–Crippen LogP) is 2.83. The van der Waals surface area contributed by atoms with Crippen LogP contribution in [0.3, 0.4) is 0 Å². The van der Waals surface area contributed by atoms with Crippen LogP contribution in [0.2, 0.25) is 0 Å². The van der Waals surface area contributed by atoms with Gasteiger partial charge < -0.3 is 4.74 Å². The summed E-state index contributed by atoms with van der Waals surface area (Å²) in [7, 11) is 1.23. The van der Waals surface area contributed by atoms with Crippen LogP contribution in [0, 0.1) is 0 Å². The molecular formula is C9H7ClF2O3S. The molecule has 0 aliphatic rings. The lowest BCUT2D eigenvalue weighted by atomic mass is 10.2. The first-order valence-corrected chi connectivity index (χ1v) is 6.42. The van der Waals surface area contributed by atoms with Crippen molar-refractivity contribution >= 4 is 25.8 Å². The van der Waals surface area contributed by atoms with E-state index in [0.29, 0.717) is 5.56 Å². The van der Waals surface area contributed by atoms with Crippen LogP contribution in [0.25, 0.3) is 6.08 Å². The van der Waals surface area contributed by atoms with Crippen molar-refractivity contribution in [2.75, 3.05) is 0 Å². The highest BCUT2D eigenvalue weighted by molar-refractivity contribution is 8.16. The molecule has 0 radical (unpaired) electrons. The molecule has 0 amide bonds. The van der Waals surface area contributed by atoms with E-state index in [-0.39, 0.29) is 5.75 Å². The molecule has 0 aliphatic heterocycles. The Kier molecular flexibility index (Phi) is 4.26. The Hall–Kier alpha value is -1.14. The van der Waals surface area contributed by atoms with Crippen molar-refractivity contribution in [1.29, 1.82) is 0 Å². The third-order valence-corrected chi connectivity index (χ3v) is 2.30. The van der Waals surface area contributed by atoms with E-state index < -0.39 is 15.7 Å². The molecule has 0 saturated heterocycles. The highest BCUT2D eigenvalue weighted by Gasteiger charge is 2.03. The molecule has 0 heterocycles. The van der Waals surface area contributed by atoms with Crippen LogP contribution in [-0.4, -0.2) is 15.0 Å². The molecule has 1 rings (SSSR count). The van der Waals surface area contributed by atoms with Gasteiger partial charge in [0.1, 0.15) is 5.75 Å². The first-order chi connectivity index (χ1) is 7.37. The van der Waals surface area contributed by atoms with Gasteiger partial charge in [0.15, 0.2) is 0 Å². The molecule has 0 aliphatic carbocycles. The number of rotatable bonds is 4. The average molecular weight is 269 g/mol. The van der Waals surface area contributed by atoms with Gasteiger partial charge in [-0.15, -0.1) is 0 Å². The molecule has 0 bridgehead atoms. The second-order valence-electron chi connectivity index (χ2n) is 2.73. The van der Waals surface area contributed by atoms with Gasteiger partial charge in [-0.25, -0.2) is 8.42 Å². The van der Waals surface area contributed by atoms with Crippen LogP contribution in [0.1, 0.15) is 5.56 Å². The first-order valence-electron chi connectivity index (χ1n) is 4.04. The molecule has 0 saturated carbocycles. The molecule has 0 N–H and O–H groups in total. The quantitative estimate of drug-likeness (QED) is 0.789. The second kappa shape index (κ2) is 5.27. The number of benzene rings is 1. The maximum Gasteiger partial charge on any atom is 0.387 e. The van der Waals surface area contributed by atoms with E-state index in [1.807, 2.05) is 0 Å². The Balaban J connectivity index is 2.76. The van der Waals surface area contributed by atoms with E-state index in [0.717, 1.165) is 5.41 Å². The fourth-order valence-electron chi connectivity index (χ4n) is 0.920. The van der Waals surface area contributed by atoms with E-state index in [1.54, 1.807) is 0 Å². The van der Waals surface area contributed by atoms with Crippen molar-refractivity contribution in [3.8, 4) is 5.75 Å². The molecule has 16 heavy (non-hydrogen) atoms. The van der Waals surface area contributed by atoms with Crippen molar-refractivity contribution in [3.05, 3.63) is 35.2 Å². The number of ether oxygens (including phenoxy) is 1. The number of alkyl halides is 2. The van der Waals surface area contributed by atoms with Crippen LogP contribution >= 0.6 is 10.7 Å². The van der Waals surface area contributed by atoms with Crippen LogP contribution in [0.15, 0.2) is 29.7 Å². The second-order valence-corrected chi connectivity index (χ2v) is 5.24. The summed E-state index contributed by atoms with van der Waals surface area (Å²) in [5, 5.41) is 0.803. The maximum atomic E-state index is 11.8. The topological polar surface area (TPSA) is 43.4 Å². The fourth-order valence-corrected chi connectivity index (χ4v) is 1.39. The number of hydrogen-bond acceptors (Lipinski definition) is 3. The molecule has 1 aromatic rings. The normalized spacial score (nSPS) is 12.2.